The second-order valence-corrected chi connectivity index (χ2v) is 14.3. The van der Waals surface area contributed by atoms with Crippen LogP contribution in [-0.4, -0.2) is 17.9 Å². The third kappa shape index (κ3) is 3.95. The number of benzene rings is 4. The van der Waals surface area contributed by atoms with Gasteiger partial charge < -0.3 is 18.9 Å². The van der Waals surface area contributed by atoms with E-state index >= 15 is 0 Å². The van der Waals surface area contributed by atoms with E-state index in [2.05, 4.69) is 108 Å². The van der Waals surface area contributed by atoms with Crippen LogP contribution in [0.2, 0.25) is 0 Å². The Morgan fingerprint density at radius 3 is 2.24 bits per heavy atom. The van der Waals surface area contributed by atoms with Crippen molar-refractivity contribution in [2.75, 3.05) is 13.2 Å². The molecule has 1 spiro atoms. The summed E-state index contributed by atoms with van der Waals surface area (Å²) < 4.78 is 33.0. The minimum Gasteiger partial charge on any atom is -0.490 e. The predicted octanol–water partition coefficient (Wildman–Crippen LogP) is 8.82. The van der Waals surface area contributed by atoms with Gasteiger partial charge >= 0.3 is 11.5 Å². The molecule has 4 aliphatic rings. The second-order valence-electron chi connectivity index (χ2n) is 14.3. The fraction of sp³-hybridized carbons (Fsp3) is 0.273. The largest absolute Gasteiger partial charge is 0.490 e. The first kappa shape index (κ1) is 30.3. The van der Waals surface area contributed by atoms with Gasteiger partial charge in [0.15, 0.2) is 28.8 Å². The van der Waals surface area contributed by atoms with Crippen LogP contribution < -0.4 is 28.2 Å². The molecule has 51 heavy (non-hydrogen) atoms. The van der Waals surface area contributed by atoms with Crippen molar-refractivity contribution in [1.82, 2.24) is 4.68 Å². The molecule has 0 N–H and O–H groups in total. The van der Waals surface area contributed by atoms with Gasteiger partial charge in [0.05, 0.1) is 11.8 Å². The average Bonchev–Trinajstić information content (AvgIpc) is 3.72. The van der Waals surface area contributed by atoms with Crippen LogP contribution in [0.15, 0.2) is 103 Å². The van der Waals surface area contributed by atoms with Crippen molar-refractivity contribution in [2.45, 2.75) is 64.5 Å². The highest BCUT2D eigenvalue weighted by Gasteiger charge is 2.72. The zero-order valence-corrected chi connectivity index (χ0v) is 29.5. The average molecular weight is 676 g/mol. The summed E-state index contributed by atoms with van der Waals surface area (Å²) in [5.74, 6) is 4.74. The van der Waals surface area contributed by atoms with E-state index in [-0.39, 0.29) is 5.41 Å². The van der Waals surface area contributed by atoms with Crippen LogP contribution in [0.4, 0.5) is 0 Å². The molecule has 0 radical (unpaired) electrons. The van der Waals surface area contributed by atoms with E-state index in [0.717, 1.165) is 88.5 Å². The zero-order valence-electron chi connectivity index (χ0n) is 29.5. The summed E-state index contributed by atoms with van der Waals surface area (Å²) in [6, 6.07) is 34.2. The van der Waals surface area contributed by atoms with Crippen LogP contribution >= 0.6 is 0 Å². The predicted molar refractivity (Wildman–Crippen MR) is 194 cm³/mol. The molecule has 3 aliphatic heterocycles. The molecule has 0 fully saturated rings. The number of ether oxygens (including phenoxy) is 4. The Hall–Kier alpha value is -5.56. The van der Waals surface area contributed by atoms with Gasteiger partial charge in [-0.05, 0) is 77.0 Å². The highest BCUT2D eigenvalue weighted by Crippen LogP contribution is 2.57. The molecule has 0 saturated carbocycles. The summed E-state index contributed by atoms with van der Waals surface area (Å²) in [7, 11) is 0. The van der Waals surface area contributed by atoms with Crippen LogP contribution in [0.25, 0.3) is 16.8 Å². The number of hydrogen-bond donors (Lipinski definition) is 0. The lowest BCUT2D eigenvalue weighted by Gasteiger charge is -2.32. The molecule has 6 aromatic rings. The SMILES string of the molecule is CCCC1(CCC)c2ccccc2-c2ccc(OCCOc3cc4c5c(c3)-n3c(C)cc(C)[n+]3C53c5c(cccc5Oc5cccc[n+]53)O4)cc21. The van der Waals surface area contributed by atoms with Crippen molar-refractivity contribution < 1.29 is 28.2 Å². The molecular formula is C44H41N3O4+2. The Labute approximate surface area is 298 Å². The number of hydrogen-bond acceptors (Lipinski definition) is 4. The van der Waals surface area contributed by atoms with Gasteiger partial charge in [-0.3, -0.25) is 0 Å². The molecule has 254 valence electrons. The maximum atomic E-state index is 6.72. The van der Waals surface area contributed by atoms with Gasteiger partial charge in [-0.25, -0.2) is 0 Å². The first-order chi connectivity index (χ1) is 25.0. The lowest BCUT2D eigenvalue weighted by Crippen LogP contribution is -2.76. The topological polar surface area (TPSA) is 49.6 Å². The van der Waals surface area contributed by atoms with Gasteiger partial charge in [0, 0.05) is 36.6 Å². The van der Waals surface area contributed by atoms with Gasteiger partial charge in [-0.2, -0.15) is 0 Å². The molecule has 1 aliphatic carbocycles. The summed E-state index contributed by atoms with van der Waals surface area (Å²) in [6.45, 7) is 9.73. The van der Waals surface area contributed by atoms with Crippen molar-refractivity contribution in [3.8, 4) is 51.4 Å². The quantitative estimate of drug-likeness (QED) is 0.113. The maximum Gasteiger partial charge on any atom is 0.452 e. The highest BCUT2D eigenvalue weighted by molar-refractivity contribution is 5.81. The summed E-state index contributed by atoms with van der Waals surface area (Å²) in [5.41, 5.74) is 10.2. The third-order valence-electron chi connectivity index (χ3n) is 11.4. The van der Waals surface area contributed by atoms with Crippen molar-refractivity contribution in [3.63, 3.8) is 0 Å². The number of fused-ring (bicyclic) bond motifs is 6. The van der Waals surface area contributed by atoms with Crippen LogP contribution in [-0.2, 0) is 11.1 Å². The summed E-state index contributed by atoms with van der Waals surface area (Å²) in [4.78, 5) is 0. The number of pyridine rings is 1. The fourth-order valence-electron chi connectivity index (χ4n) is 9.77. The molecule has 4 aromatic carbocycles. The second kappa shape index (κ2) is 11.0. The van der Waals surface area contributed by atoms with E-state index in [4.69, 9.17) is 18.9 Å². The smallest absolute Gasteiger partial charge is 0.452 e. The van der Waals surface area contributed by atoms with Crippen molar-refractivity contribution in [1.29, 1.82) is 0 Å². The summed E-state index contributed by atoms with van der Waals surface area (Å²) >= 11 is 0. The minimum atomic E-state index is -0.721. The first-order valence-electron chi connectivity index (χ1n) is 18.3. The van der Waals surface area contributed by atoms with E-state index in [0.29, 0.717) is 13.2 Å². The van der Waals surface area contributed by atoms with E-state index < -0.39 is 5.66 Å². The Bertz CT molecular complexity index is 2400. The van der Waals surface area contributed by atoms with E-state index in [1.807, 2.05) is 36.4 Å². The molecule has 0 amide bonds. The van der Waals surface area contributed by atoms with E-state index in [1.165, 1.54) is 22.3 Å². The highest BCUT2D eigenvalue weighted by atomic mass is 16.5. The lowest BCUT2D eigenvalue weighted by molar-refractivity contribution is -0.999. The Morgan fingerprint density at radius 2 is 1.41 bits per heavy atom. The van der Waals surface area contributed by atoms with Gasteiger partial charge in [-0.15, -0.1) is 4.68 Å². The summed E-state index contributed by atoms with van der Waals surface area (Å²) in [6.07, 6.45) is 6.63. The Kier molecular flexibility index (Phi) is 6.51. The monoisotopic (exact) mass is 675 g/mol. The maximum absolute atomic E-state index is 6.72. The van der Waals surface area contributed by atoms with Gasteiger partial charge in [0.2, 0.25) is 5.69 Å². The number of aromatic nitrogens is 3. The van der Waals surface area contributed by atoms with Gasteiger partial charge in [0.25, 0.3) is 0 Å². The van der Waals surface area contributed by atoms with E-state index in [1.54, 1.807) is 0 Å². The van der Waals surface area contributed by atoms with E-state index in [9.17, 15) is 0 Å². The molecular weight excluding hydrogens is 635 g/mol. The third-order valence-corrected chi connectivity index (χ3v) is 11.4. The Balaban J connectivity index is 0.984. The molecule has 7 heteroatoms. The molecule has 1 unspecified atom stereocenters. The van der Waals surface area contributed by atoms with Gasteiger partial charge in [-0.1, -0.05) is 67.7 Å². The van der Waals surface area contributed by atoms with Crippen LogP contribution in [0.3, 0.4) is 0 Å². The molecule has 0 bridgehead atoms. The normalized spacial score (nSPS) is 17.3. The van der Waals surface area contributed by atoms with Crippen LogP contribution in [0.1, 0.15) is 73.2 Å². The minimum absolute atomic E-state index is 0.0307. The zero-order chi connectivity index (χ0) is 34.5. The van der Waals surface area contributed by atoms with Gasteiger partial charge in [0.1, 0.15) is 36.1 Å². The fourth-order valence-corrected chi connectivity index (χ4v) is 9.77. The molecule has 1 atom stereocenters. The molecule has 2 aromatic heterocycles. The van der Waals surface area contributed by atoms with Crippen LogP contribution in [0.5, 0.6) is 34.6 Å². The number of nitrogens with zero attached hydrogens (tertiary/aromatic N) is 3. The number of rotatable bonds is 9. The molecule has 7 nitrogen and oxygen atoms in total. The summed E-state index contributed by atoms with van der Waals surface area (Å²) in [5, 5.41) is 0. The lowest BCUT2D eigenvalue weighted by atomic mass is 9.71. The van der Waals surface area contributed by atoms with Crippen LogP contribution in [0, 0.1) is 13.8 Å². The number of aryl methyl sites for hydroxylation is 2. The van der Waals surface area contributed by atoms with Crippen molar-refractivity contribution in [2.24, 2.45) is 0 Å². The standard InChI is InChI=1S/C44H41N3O4/c1-5-19-43(20-6-2)34-13-8-7-12-32(34)33-18-17-30(25-35(33)43)48-22-23-49-31-26-36-41-39(27-31)50-37-14-11-15-38-42(37)44(41,45-21-10-9-16-40(45)51-38)47-29(4)24-28(3)46(36)47/h7-18,21,24-27H,5-6,19-20,22-23H2,1-4H3/q+2. The first-order valence-corrected chi connectivity index (χ1v) is 18.3. The molecule has 5 heterocycles. The Morgan fingerprint density at radius 1 is 0.667 bits per heavy atom. The van der Waals surface area contributed by atoms with Crippen molar-refractivity contribution >= 4 is 0 Å². The molecule has 10 rings (SSSR count). The molecule has 0 saturated heterocycles. The van der Waals surface area contributed by atoms with Crippen molar-refractivity contribution in [3.05, 3.63) is 137 Å².